The van der Waals surface area contributed by atoms with E-state index in [2.05, 4.69) is 6.92 Å². The minimum absolute atomic E-state index is 0.0128. The van der Waals surface area contributed by atoms with Crippen molar-refractivity contribution in [1.29, 1.82) is 0 Å². The molecular weight excluding hydrogens is 282 g/mol. The number of likely N-dealkylation sites (N-methyl/N-ethyl adjacent to an activating group) is 1. The summed E-state index contributed by atoms with van der Waals surface area (Å²) in [7, 11) is 1.81. The van der Waals surface area contributed by atoms with Crippen LogP contribution in [0.1, 0.15) is 35.7 Å². The Bertz CT molecular complexity index is 642. The predicted molar refractivity (Wildman–Crippen MR) is 85.1 cm³/mol. The molecule has 0 radical (unpaired) electrons. The zero-order chi connectivity index (χ0) is 14.8. The molecule has 0 aromatic carbocycles. The van der Waals surface area contributed by atoms with E-state index in [1.54, 1.807) is 28.4 Å². The predicted octanol–water partition coefficient (Wildman–Crippen LogP) is 4.14. The van der Waals surface area contributed by atoms with E-state index >= 15 is 0 Å². The lowest BCUT2D eigenvalue weighted by atomic mass is 10.3. The number of hydrogen-bond acceptors (Lipinski definition) is 3. The van der Waals surface area contributed by atoms with Gasteiger partial charge in [0.25, 0.3) is 0 Å². The summed E-state index contributed by atoms with van der Waals surface area (Å²) in [6, 6.07) is 7.99. The average molecular weight is 301 g/mol. The lowest BCUT2D eigenvalue weighted by Gasteiger charge is -2.13. The highest BCUT2D eigenvalue weighted by molar-refractivity contribution is 7.09. The molecule has 1 amide bonds. The van der Waals surface area contributed by atoms with Crippen LogP contribution in [0.5, 0.6) is 0 Å². The number of hydrogen-bond donors (Lipinski definition) is 0. The smallest absolute Gasteiger partial charge is 0.246 e. The quantitative estimate of drug-likeness (QED) is 0.778. The van der Waals surface area contributed by atoms with Gasteiger partial charge in [-0.3, -0.25) is 4.79 Å². The van der Waals surface area contributed by atoms with Crippen LogP contribution in [0.4, 0.5) is 0 Å². The van der Waals surface area contributed by atoms with Crippen LogP contribution < -0.4 is 0 Å². The van der Waals surface area contributed by atoms with Crippen LogP contribution in [0.2, 0.25) is 0 Å². The van der Waals surface area contributed by atoms with Crippen LogP contribution in [0.3, 0.4) is 0 Å². The van der Waals surface area contributed by atoms with Gasteiger partial charge >= 0.3 is 0 Å². The highest BCUT2D eigenvalue weighted by atomic mass is 32.1. The van der Waals surface area contributed by atoms with Gasteiger partial charge in [-0.05, 0) is 42.0 Å². The Balaban J connectivity index is 1.57. The number of nitrogens with zero attached hydrogens (tertiary/aromatic N) is 1. The van der Waals surface area contributed by atoms with E-state index in [4.69, 9.17) is 4.42 Å². The van der Waals surface area contributed by atoms with Crippen LogP contribution >= 0.6 is 11.3 Å². The molecule has 0 saturated heterocycles. The van der Waals surface area contributed by atoms with Gasteiger partial charge in [-0.1, -0.05) is 13.0 Å². The van der Waals surface area contributed by atoms with Gasteiger partial charge in [0.05, 0.1) is 6.54 Å². The number of rotatable bonds is 5. The summed E-state index contributed by atoms with van der Waals surface area (Å²) in [5.74, 6) is 3.08. The Hall–Kier alpha value is -1.81. The van der Waals surface area contributed by atoms with Crippen LogP contribution in [0.25, 0.3) is 6.08 Å². The lowest BCUT2D eigenvalue weighted by molar-refractivity contribution is -0.125. The third kappa shape index (κ3) is 3.45. The molecular formula is C17H19NO2S. The van der Waals surface area contributed by atoms with E-state index in [0.29, 0.717) is 12.5 Å². The Kier molecular flexibility index (Phi) is 3.97. The van der Waals surface area contributed by atoms with Gasteiger partial charge in [0.2, 0.25) is 5.91 Å². The molecule has 0 N–H and O–H groups in total. The molecule has 1 aliphatic rings. The van der Waals surface area contributed by atoms with Crippen LogP contribution in [0.15, 0.2) is 40.1 Å². The van der Waals surface area contributed by atoms with Crippen molar-refractivity contribution in [3.8, 4) is 0 Å². The standard InChI is InChI=1S/C17H19NO2S/c1-12-10-15(12)16-7-5-13(20-16)6-8-17(19)18(2)11-14-4-3-9-21-14/h3-9,12,15H,10-11H2,1-2H3/b8-6+. The van der Waals surface area contributed by atoms with Gasteiger partial charge in [-0.25, -0.2) is 0 Å². The molecule has 2 aromatic heterocycles. The number of thiophene rings is 1. The number of amides is 1. The Morgan fingerprint density at radius 2 is 2.29 bits per heavy atom. The molecule has 110 valence electrons. The lowest BCUT2D eigenvalue weighted by Crippen LogP contribution is -2.23. The van der Waals surface area contributed by atoms with Gasteiger partial charge in [0.15, 0.2) is 0 Å². The van der Waals surface area contributed by atoms with Crippen molar-refractivity contribution < 1.29 is 9.21 Å². The highest BCUT2D eigenvalue weighted by Crippen LogP contribution is 2.47. The number of furan rings is 1. The summed E-state index contributed by atoms with van der Waals surface area (Å²) in [6.07, 6.45) is 4.54. The van der Waals surface area contributed by atoms with Crippen molar-refractivity contribution in [1.82, 2.24) is 4.90 Å². The zero-order valence-electron chi connectivity index (χ0n) is 12.3. The average Bonchev–Trinajstić information content (AvgIpc) is 2.88. The third-order valence-corrected chi connectivity index (χ3v) is 4.72. The van der Waals surface area contributed by atoms with E-state index in [1.165, 1.54) is 11.3 Å². The fraction of sp³-hybridized carbons (Fsp3) is 0.353. The molecule has 3 nitrogen and oxygen atoms in total. The second-order valence-corrected chi connectivity index (χ2v) is 6.70. The second kappa shape index (κ2) is 5.90. The topological polar surface area (TPSA) is 33.5 Å². The summed E-state index contributed by atoms with van der Waals surface area (Å²) in [5, 5.41) is 2.02. The molecule has 2 aromatic rings. The molecule has 0 bridgehead atoms. The maximum Gasteiger partial charge on any atom is 0.246 e. The first-order valence-corrected chi connectivity index (χ1v) is 8.07. The summed E-state index contributed by atoms with van der Waals surface area (Å²) >= 11 is 1.66. The first-order valence-electron chi connectivity index (χ1n) is 7.19. The molecule has 0 aliphatic heterocycles. The van der Waals surface area contributed by atoms with Gasteiger partial charge < -0.3 is 9.32 Å². The van der Waals surface area contributed by atoms with Gasteiger partial charge in [0.1, 0.15) is 11.5 Å². The summed E-state index contributed by atoms with van der Waals surface area (Å²) < 4.78 is 5.76. The summed E-state index contributed by atoms with van der Waals surface area (Å²) in [4.78, 5) is 14.9. The first-order chi connectivity index (χ1) is 10.1. The summed E-state index contributed by atoms with van der Waals surface area (Å²) in [6.45, 7) is 2.87. The van der Waals surface area contributed by atoms with Crippen molar-refractivity contribution in [2.45, 2.75) is 25.8 Å². The molecule has 2 heterocycles. The van der Waals surface area contributed by atoms with Gasteiger partial charge in [-0.2, -0.15) is 0 Å². The molecule has 0 spiro atoms. The van der Waals surface area contributed by atoms with Crippen molar-refractivity contribution in [3.63, 3.8) is 0 Å². The van der Waals surface area contributed by atoms with E-state index in [9.17, 15) is 4.79 Å². The zero-order valence-corrected chi connectivity index (χ0v) is 13.1. The fourth-order valence-electron chi connectivity index (χ4n) is 2.37. The number of carbonyl (C=O) groups is 1. The molecule has 4 heteroatoms. The van der Waals surface area contributed by atoms with Crippen molar-refractivity contribution in [2.24, 2.45) is 5.92 Å². The SMILES string of the molecule is CC1CC1c1ccc(/C=C/C(=O)N(C)Cc2cccs2)o1. The minimum atomic E-state index is -0.0128. The van der Waals surface area contributed by atoms with Gasteiger partial charge in [0, 0.05) is 23.9 Å². The van der Waals surface area contributed by atoms with E-state index in [0.717, 1.165) is 17.4 Å². The molecule has 2 atom stereocenters. The van der Waals surface area contributed by atoms with Crippen molar-refractivity contribution in [3.05, 3.63) is 52.1 Å². The third-order valence-electron chi connectivity index (χ3n) is 3.86. The maximum absolute atomic E-state index is 12.0. The molecule has 2 unspecified atom stereocenters. The molecule has 1 aliphatic carbocycles. The second-order valence-electron chi connectivity index (χ2n) is 5.67. The number of carbonyl (C=O) groups excluding carboxylic acids is 1. The van der Waals surface area contributed by atoms with E-state index < -0.39 is 0 Å². The summed E-state index contributed by atoms with van der Waals surface area (Å²) in [5.41, 5.74) is 0. The van der Waals surface area contributed by atoms with E-state index in [-0.39, 0.29) is 5.91 Å². The van der Waals surface area contributed by atoms with Crippen LogP contribution in [-0.4, -0.2) is 17.9 Å². The molecule has 1 saturated carbocycles. The van der Waals surface area contributed by atoms with Gasteiger partial charge in [-0.15, -0.1) is 11.3 Å². The molecule has 1 fully saturated rings. The largest absolute Gasteiger partial charge is 0.461 e. The minimum Gasteiger partial charge on any atom is -0.461 e. The van der Waals surface area contributed by atoms with Crippen molar-refractivity contribution in [2.75, 3.05) is 7.05 Å². The Labute approximate surface area is 128 Å². The van der Waals surface area contributed by atoms with Crippen molar-refractivity contribution >= 4 is 23.3 Å². The van der Waals surface area contributed by atoms with Crippen LogP contribution in [-0.2, 0) is 11.3 Å². The monoisotopic (exact) mass is 301 g/mol. The molecule has 21 heavy (non-hydrogen) atoms. The Morgan fingerprint density at radius 1 is 1.48 bits per heavy atom. The highest BCUT2D eigenvalue weighted by Gasteiger charge is 2.36. The Morgan fingerprint density at radius 3 is 2.95 bits per heavy atom. The molecule has 3 rings (SSSR count). The van der Waals surface area contributed by atoms with Crippen LogP contribution in [0, 0.1) is 5.92 Å². The maximum atomic E-state index is 12.0. The first kappa shape index (κ1) is 14.1. The fourth-order valence-corrected chi connectivity index (χ4v) is 3.13. The normalized spacial score (nSPS) is 20.9. The van der Waals surface area contributed by atoms with E-state index in [1.807, 2.05) is 36.7 Å².